The van der Waals surface area contributed by atoms with Crippen LogP contribution >= 0.6 is 0 Å². The predicted octanol–water partition coefficient (Wildman–Crippen LogP) is 3.50. The van der Waals surface area contributed by atoms with Gasteiger partial charge in [-0.3, -0.25) is 0 Å². The lowest BCUT2D eigenvalue weighted by molar-refractivity contribution is 0.0124. The maximum atomic E-state index is 5.51. The van der Waals surface area contributed by atoms with Crippen molar-refractivity contribution in [1.82, 2.24) is 5.32 Å². The summed E-state index contributed by atoms with van der Waals surface area (Å²) in [5.74, 6) is 0.560. The van der Waals surface area contributed by atoms with Crippen LogP contribution in [0.3, 0.4) is 0 Å². The summed E-state index contributed by atoms with van der Waals surface area (Å²) < 4.78 is 5.51. The van der Waals surface area contributed by atoms with Crippen molar-refractivity contribution >= 4 is 0 Å². The molecular weight excluding hydrogens is 222 g/mol. The lowest BCUT2D eigenvalue weighted by Crippen LogP contribution is -2.25. The van der Waals surface area contributed by atoms with E-state index in [1.165, 1.54) is 11.1 Å². The van der Waals surface area contributed by atoms with Crippen LogP contribution in [0.25, 0.3) is 0 Å². The number of hydrogen-bond donors (Lipinski definition) is 1. The molecule has 1 N–H and O–H groups in total. The highest BCUT2D eigenvalue weighted by Gasteiger charge is 2.20. The maximum absolute atomic E-state index is 5.51. The van der Waals surface area contributed by atoms with Crippen molar-refractivity contribution < 1.29 is 4.74 Å². The number of nitrogens with one attached hydrogen (secondary N) is 1. The molecule has 0 aliphatic heterocycles. The molecule has 0 aromatic heterocycles. The third-order valence-corrected chi connectivity index (χ3v) is 3.61. The van der Waals surface area contributed by atoms with Crippen LogP contribution < -0.4 is 5.32 Å². The van der Waals surface area contributed by atoms with E-state index in [0.29, 0.717) is 5.92 Å². The smallest absolute Gasteiger partial charge is 0.0623 e. The molecule has 1 aromatic carbocycles. The maximum Gasteiger partial charge on any atom is 0.0623 e. The molecule has 1 atom stereocenters. The summed E-state index contributed by atoms with van der Waals surface area (Å²) in [5.41, 5.74) is 2.73. The van der Waals surface area contributed by atoms with Crippen molar-refractivity contribution in [3.63, 3.8) is 0 Å². The molecule has 0 radical (unpaired) electrons. The Kier molecular flexibility index (Phi) is 5.83. The van der Waals surface area contributed by atoms with Crippen LogP contribution in [0.4, 0.5) is 0 Å². The Morgan fingerprint density at radius 1 is 1.33 bits per heavy atom. The Morgan fingerprint density at radius 2 is 2.06 bits per heavy atom. The van der Waals surface area contributed by atoms with Gasteiger partial charge in [-0.2, -0.15) is 0 Å². The molecule has 0 heterocycles. The largest absolute Gasteiger partial charge is 0.379 e. The minimum Gasteiger partial charge on any atom is -0.379 e. The van der Waals surface area contributed by atoms with E-state index in [4.69, 9.17) is 4.74 Å². The van der Waals surface area contributed by atoms with E-state index >= 15 is 0 Å². The van der Waals surface area contributed by atoms with Crippen LogP contribution in [0, 0.1) is 6.92 Å². The highest BCUT2D eigenvalue weighted by atomic mass is 16.5. The summed E-state index contributed by atoms with van der Waals surface area (Å²) in [4.78, 5) is 0. The first-order valence-corrected chi connectivity index (χ1v) is 6.75. The lowest BCUT2D eigenvalue weighted by Gasteiger charge is -2.26. The Labute approximate surface area is 112 Å². The van der Waals surface area contributed by atoms with E-state index in [2.05, 4.69) is 50.4 Å². The van der Waals surface area contributed by atoms with E-state index in [9.17, 15) is 0 Å². The number of methoxy groups -OCH3 is 1. The van der Waals surface area contributed by atoms with Crippen molar-refractivity contribution in [2.45, 2.75) is 45.1 Å². The molecule has 0 aliphatic rings. The molecule has 1 unspecified atom stereocenters. The van der Waals surface area contributed by atoms with Crippen molar-refractivity contribution in [3.8, 4) is 0 Å². The summed E-state index contributed by atoms with van der Waals surface area (Å²) in [5, 5.41) is 3.30. The number of benzene rings is 1. The fraction of sp³-hybridized carbons (Fsp3) is 0.625. The number of ether oxygens (including phenoxy) is 1. The van der Waals surface area contributed by atoms with Gasteiger partial charge in [0.15, 0.2) is 0 Å². The average molecular weight is 249 g/mol. The van der Waals surface area contributed by atoms with Crippen molar-refractivity contribution in [1.29, 1.82) is 0 Å². The van der Waals surface area contributed by atoms with Crippen LogP contribution in [0.2, 0.25) is 0 Å². The highest BCUT2D eigenvalue weighted by Crippen LogP contribution is 2.26. The first kappa shape index (κ1) is 15.2. The first-order chi connectivity index (χ1) is 8.48. The van der Waals surface area contributed by atoms with Gasteiger partial charge in [-0.1, -0.05) is 29.8 Å². The van der Waals surface area contributed by atoms with E-state index < -0.39 is 0 Å². The second kappa shape index (κ2) is 6.91. The molecule has 1 rings (SSSR count). The normalized spacial score (nSPS) is 13.6. The average Bonchev–Trinajstić information content (AvgIpc) is 2.34. The van der Waals surface area contributed by atoms with Gasteiger partial charge in [-0.05, 0) is 52.1 Å². The lowest BCUT2D eigenvalue weighted by atomic mass is 9.89. The SMILES string of the molecule is CNCC(CCC(C)(C)OC)c1cccc(C)c1. The zero-order valence-corrected chi connectivity index (χ0v) is 12.4. The zero-order valence-electron chi connectivity index (χ0n) is 12.4. The molecule has 2 nitrogen and oxygen atoms in total. The highest BCUT2D eigenvalue weighted by molar-refractivity contribution is 5.25. The van der Waals surface area contributed by atoms with E-state index in [-0.39, 0.29) is 5.60 Å². The number of aryl methyl sites for hydroxylation is 1. The van der Waals surface area contributed by atoms with Crippen molar-refractivity contribution in [3.05, 3.63) is 35.4 Å². The summed E-state index contributed by atoms with van der Waals surface area (Å²) in [6, 6.07) is 8.82. The van der Waals surface area contributed by atoms with E-state index in [1.54, 1.807) is 7.11 Å². The molecular formula is C16H27NO. The first-order valence-electron chi connectivity index (χ1n) is 6.75. The molecule has 2 heteroatoms. The Morgan fingerprint density at radius 3 is 2.61 bits per heavy atom. The van der Waals surface area contributed by atoms with Gasteiger partial charge in [0.05, 0.1) is 5.60 Å². The van der Waals surface area contributed by atoms with E-state index in [0.717, 1.165) is 19.4 Å². The Hall–Kier alpha value is -0.860. The molecule has 102 valence electrons. The number of likely N-dealkylation sites (N-methyl/N-ethyl adjacent to an activating group) is 1. The molecule has 0 spiro atoms. The molecule has 0 amide bonds. The second-order valence-electron chi connectivity index (χ2n) is 5.67. The Balaban J connectivity index is 2.71. The van der Waals surface area contributed by atoms with Crippen LogP contribution in [0.1, 0.15) is 43.7 Å². The molecule has 0 saturated heterocycles. The quantitative estimate of drug-likeness (QED) is 0.798. The zero-order chi connectivity index (χ0) is 13.6. The van der Waals surface area contributed by atoms with Crippen molar-refractivity contribution in [2.24, 2.45) is 0 Å². The monoisotopic (exact) mass is 249 g/mol. The molecule has 18 heavy (non-hydrogen) atoms. The van der Waals surface area contributed by atoms with Gasteiger partial charge in [-0.25, -0.2) is 0 Å². The van der Waals surface area contributed by atoms with Gasteiger partial charge in [0.2, 0.25) is 0 Å². The fourth-order valence-corrected chi connectivity index (χ4v) is 2.18. The molecule has 0 fully saturated rings. The molecule has 0 bridgehead atoms. The summed E-state index contributed by atoms with van der Waals surface area (Å²) in [6.45, 7) is 7.47. The van der Waals surface area contributed by atoms with Crippen LogP contribution in [0.15, 0.2) is 24.3 Å². The van der Waals surface area contributed by atoms with Gasteiger partial charge >= 0.3 is 0 Å². The standard InChI is InChI=1S/C16H27NO/c1-13-7-6-8-14(11-13)15(12-17-4)9-10-16(2,3)18-5/h6-8,11,15,17H,9-10,12H2,1-5H3. The van der Waals surface area contributed by atoms with Crippen molar-refractivity contribution in [2.75, 3.05) is 20.7 Å². The van der Waals surface area contributed by atoms with Gasteiger partial charge in [-0.15, -0.1) is 0 Å². The van der Waals surface area contributed by atoms with Gasteiger partial charge in [0.1, 0.15) is 0 Å². The fourth-order valence-electron chi connectivity index (χ4n) is 2.18. The minimum absolute atomic E-state index is 0.0319. The summed E-state index contributed by atoms with van der Waals surface area (Å²) >= 11 is 0. The van der Waals surface area contributed by atoms with Crippen LogP contribution in [-0.4, -0.2) is 26.3 Å². The van der Waals surface area contributed by atoms with Crippen LogP contribution in [-0.2, 0) is 4.74 Å². The minimum atomic E-state index is -0.0319. The van der Waals surface area contributed by atoms with Gasteiger partial charge < -0.3 is 10.1 Å². The molecule has 0 saturated carbocycles. The van der Waals surface area contributed by atoms with Gasteiger partial charge in [0, 0.05) is 13.7 Å². The number of hydrogen-bond acceptors (Lipinski definition) is 2. The third kappa shape index (κ3) is 4.79. The van der Waals surface area contributed by atoms with Crippen LogP contribution in [0.5, 0.6) is 0 Å². The third-order valence-electron chi connectivity index (χ3n) is 3.61. The Bertz CT molecular complexity index is 360. The number of rotatable bonds is 7. The summed E-state index contributed by atoms with van der Waals surface area (Å²) in [7, 11) is 3.81. The predicted molar refractivity (Wildman–Crippen MR) is 78.2 cm³/mol. The second-order valence-corrected chi connectivity index (χ2v) is 5.67. The van der Waals surface area contributed by atoms with E-state index in [1.807, 2.05) is 7.05 Å². The summed E-state index contributed by atoms with van der Waals surface area (Å²) in [6.07, 6.45) is 2.22. The molecule has 0 aliphatic carbocycles. The topological polar surface area (TPSA) is 21.3 Å². The van der Waals surface area contributed by atoms with Gasteiger partial charge in [0.25, 0.3) is 0 Å². The molecule has 1 aromatic rings.